The molecule has 0 bridgehead atoms. The van der Waals surface area contributed by atoms with Gasteiger partial charge < -0.3 is 15.4 Å². The van der Waals surface area contributed by atoms with E-state index in [1.54, 1.807) is 19.4 Å². The average molecular weight is 234 g/mol. The molecule has 0 aliphatic carbocycles. The second-order valence-corrected chi connectivity index (χ2v) is 3.46. The van der Waals surface area contributed by atoms with Crippen molar-refractivity contribution < 1.29 is 9.53 Å². The Kier molecular flexibility index (Phi) is 5.64. The summed E-state index contributed by atoms with van der Waals surface area (Å²) >= 11 is 0. The zero-order valence-electron chi connectivity index (χ0n) is 10.2. The first-order valence-corrected chi connectivity index (χ1v) is 5.55. The summed E-state index contributed by atoms with van der Waals surface area (Å²) in [5.41, 5.74) is 1.08. The fourth-order valence-electron chi connectivity index (χ4n) is 1.43. The lowest BCUT2D eigenvalue weighted by Crippen LogP contribution is -2.33. The van der Waals surface area contributed by atoms with Crippen molar-refractivity contribution in [3.05, 3.63) is 42.1 Å². The smallest absolute Gasteiger partial charge is 0.318 e. The van der Waals surface area contributed by atoms with Crippen LogP contribution in [0.5, 0.6) is 5.75 Å². The third-order valence-electron chi connectivity index (χ3n) is 2.25. The molecule has 0 aliphatic heterocycles. The first-order chi connectivity index (χ1) is 8.27. The van der Waals surface area contributed by atoms with Crippen LogP contribution < -0.4 is 15.4 Å². The van der Waals surface area contributed by atoms with Crippen molar-refractivity contribution in [1.29, 1.82) is 0 Å². The molecule has 1 aromatic carbocycles. The van der Waals surface area contributed by atoms with Crippen LogP contribution in [0.1, 0.15) is 12.5 Å². The molecule has 0 saturated heterocycles. The van der Waals surface area contributed by atoms with E-state index in [9.17, 15) is 4.79 Å². The second-order valence-electron chi connectivity index (χ2n) is 3.46. The van der Waals surface area contributed by atoms with Gasteiger partial charge in [-0.3, -0.25) is 0 Å². The van der Waals surface area contributed by atoms with Gasteiger partial charge in [0.15, 0.2) is 0 Å². The van der Waals surface area contributed by atoms with Crippen molar-refractivity contribution in [2.24, 2.45) is 0 Å². The molecule has 0 aromatic heterocycles. The number of benzene rings is 1. The highest BCUT2D eigenvalue weighted by Gasteiger charge is 2.02. The van der Waals surface area contributed by atoms with Crippen LogP contribution in [0.3, 0.4) is 0 Å². The molecule has 92 valence electrons. The fourth-order valence-corrected chi connectivity index (χ4v) is 1.43. The van der Waals surface area contributed by atoms with Crippen LogP contribution in [0.15, 0.2) is 36.5 Å². The first kappa shape index (κ1) is 13.1. The summed E-state index contributed by atoms with van der Waals surface area (Å²) in [6.45, 7) is 2.42. The SMILES string of the molecule is C/C=C/NC(=O)NCCc1ccccc1OC. The van der Waals surface area contributed by atoms with Crippen LogP contribution in [-0.2, 0) is 6.42 Å². The van der Waals surface area contributed by atoms with Gasteiger partial charge >= 0.3 is 6.03 Å². The van der Waals surface area contributed by atoms with Crippen molar-refractivity contribution in [3.63, 3.8) is 0 Å². The Morgan fingerprint density at radius 3 is 2.88 bits per heavy atom. The normalized spacial score (nSPS) is 10.2. The van der Waals surface area contributed by atoms with Crippen molar-refractivity contribution >= 4 is 6.03 Å². The molecule has 0 saturated carbocycles. The van der Waals surface area contributed by atoms with Gasteiger partial charge in [-0.25, -0.2) is 4.79 Å². The summed E-state index contributed by atoms with van der Waals surface area (Å²) in [5, 5.41) is 5.35. The zero-order valence-corrected chi connectivity index (χ0v) is 10.2. The van der Waals surface area contributed by atoms with E-state index >= 15 is 0 Å². The maximum atomic E-state index is 11.2. The number of methoxy groups -OCH3 is 1. The average Bonchev–Trinajstić information content (AvgIpc) is 2.37. The Hall–Kier alpha value is -1.97. The number of hydrogen-bond acceptors (Lipinski definition) is 2. The highest BCUT2D eigenvalue weighted by molar-refractivity contribution is 5.74. The third-order valence-corrected chi connectivity index (χ3v) is 2.25. The van der Waals surface area contributed by atoms with Crippen LogP contribution in [0.4, 0.5) is 4.79 Å². The minimum Gasteiger partial charge on any atom is -0.496 e. The third kappa shape index (κ3) is 4.59. The molecular weight excluding hydrogens is 216 g/mol. The molecule has 4 nitrogen and oxygen atoms in total. The molecule has 0 radical (unpaired) electrons. The quantitative estimate of drug-likeness (QED) is 0.819. The van der Waals surface area contributed by atoms with Gasteiger partial charge in [-0.15, -0.1) is 0 Å². The van der Waals surface area contributed by atoms with E-state index in [1.807, 2.05) is 31.2 Å². The number of nitrogens with one attached hydrogen (secondary N) is 2. The molecule has 0 unspecified atom stereocenters. The van der Waals surface area contributed by atoms with Gasteiger partial charge in [0, 0.05) is 12.7 Å². The van der Waals surface area contributed by atoms with Crippen LogP contribution in [-0.4, -0.2) is 19.7 Å². The number of carbonyl (C=O) groups excluding carboxylic acids is 1. The standard InChI is InChI=1S/C13H18N2O2/c1-3-9-14-13(16)15-10-8-11-6-4-5-7-12(11)17-2/h3-7,9H,8,10H2,1-2H3,(H2,14,15,16)/b9-3+. The van der Waals surface area contributed by atoms with Gasteiger partial charge in [0.05, 0.1) is 7.11 Å². The maximum absolute atomic E-state index is 11.2. The number of allylic oxidation sites excluding steroid dienone is 1. The van der Waals surface area contributed by atoms with Crippen LogP contribution in [0.25, 0.3) is 0 Å². The summed E-state index contributed by atoms with van der Waals surface area (Å²) in [7, 11) is 1.64. The molecule has 0 atom stereocenters. The minimum atomic E-state index is -0.196. The van der Waals surface area contributed by atoms with Gasteiger partial charge in [-0.1, -0.05) is 24.3 Å². The van der Waals surface area contributed by atoms with Crippen molar-refractivity contribution in [2.75, 3.05) is 13.7 Å². The number of ether oxygens (including phenoxy) is 1. The van der Waals surface area contributed by atoms with Crippen LogP contribution >= 0.6 is 0 Å². The van der Waals surface area contributed by atoms with E-state index < -0.39 is 0 Å². The van der Waals surface area contributed by atoms with Crippen molar-refractivity contribution in [3.8, 4) is 5.75 Å². The van der Waals surface area contributed by atoms with Crippen LogP contribution in [0, 0.1) is 0 Å². The Bertz CT molecular complexity index is 389. The lowest BCUT2D eigenvalue weighted by molar-refractivity contribution is 0.244. The van der Waals surface area contributed by atoms with E-state index in [0.29, 0.717) is 6.54 Å². The summed E-state index contributed by atoms with van der Waals surface area (Å²) in [6.07, 6.45) is 4.10. The Morgan fingerprint density at radius 1 is 1.41 bits per heavy atom. The summed E-state index contributed by atoms with van der Waals surface area (Å²) in [4.78, 5) is 11.2. The molecule has 2 N–H and O–H groups in total. The fraction of sp³-hybridized carbons (Fsp3) is 0.308. The number of para-hydroxylation sites is 1. The van der Waals surface area contributed by atoms with E-state index in [4.69, 9.17) is 4.74 Å². The number of amides is 2. The number of hydrogen-bond donors (Lipinski definition) is 2. The van der Waals surface area contributed by atoms with Crippen molar-refractivity contribution in [1.82, 2.24) is 10.6 Å². The molecular formula is C13H18N2O2. The molecule has 1 aromatic rings. The molecule has 0 heterocycles. The Balaban J connectivity index is 2.37. The number of urea groups is 1. The van der Waals surface area contributed by atoms with E-state index in [1.165, 1.54) is 0 Å². The minimum absolute atomic E-state index is 0.196. The van der Waals surface area contributed by atoms with E-state index in [2.05, 4.69) is 10.6 Å². The molecule has 0 fully saturated rings. The molecule has 2 amide bonds. The van der Waals surface area contributed by atoms with Gasteiger partial charge in [0.1, 0.15) is 5.75 Å². The lowest BCUT2D eigenvalue weighted by atomic mass is 10.1. The van der Waals surface area contributed by atoms with Gasteiger partial charge in [-0.2, -0.15) is 0 Å². The van der Waals surface area contributed by atoms with E-state index in [-0.39, 0.29) is 6.03 Å². The van der Waals surface area contributed by atoms with E-state index in [0.717, 1.165) is 17.7 Å². The zero-order chi connectivity index (χ0) is 12.5. The summed E-state index contributed by atoms with van der Waals surface area (Å²) in [5.74, 6) is 0.850. The largest absolute Gasteiger partial charge is 0.496 e. The number of rotatable bonds is 5. The van der Waals surface area contributed by atoms with Crippen molar-refractivity contribution in [2.45, 2.75) is 13.3 Å². The Labute approximate surface area is 102 Å². The molecule has 1 rings (SSSR count). The van der Waals surface area contributed by atoms with Gasteiger partial charge in [0.2, 0.25) is 0 Å². The molecule has 4 heteroatoms. The predicted octanol–water partition coefficient (Wildman–Crippen LogP) is 2.07. The highest BCUT2D eigenvalue weighted by Crippen LogP contribution is 2.16. The molecule has 0 spiro atoms. The highest BCUT2D eigenvalue weighted by atomic mass is 16.5. The topological polar surface area (TPSA) is 50.4 Å². The Morgan fingerprint density at radius 2 is 2.18 bits per heavy atom. The first-order valence-electron chi connectivity index (χ1n) is 5.55. The second kappa shape index (κ2) is 7.33. The molecule has 0 aliphatic rings. The molecule has 17 heavy (non-hydrogen) atoms. The monoisotopic (exact) mass is 234 g/mol. The van der Waals surface area contributed by atoms with Gasteiger partial charge in [-0.05, 0) is 25.0 Å². The van der Waals surface area contributed by atoms with Crippen LogP contribution in [0.2, 0.25) is 0 Å². The number of carbonyl (C=O) groups is 1. The summed E-state index contributed by atoms with van der Waals surface area (Å²) < 4.78 is 5.23. The summed E-state index contributed by atoms with van der Waals surface area (Å²) in [6, 6.07) is 7.59. The predicted molar refractivity (Wildman–Crippen MR) is 68.0 cm³/mol. The van der Waals surface area contributed by atoms with Gasteiger partial charge in [0.25, 0.3) is 0 Å². The maximum Gasteiger partial charge on any atom is 0.318 e. The lowest BCUT2D eigenvalue weighted by Gasteiger charge is -2.08.